The summed E-state index contributed by atoms with van der Waals surface area (Å²) < 4.78 is 0. The summed E-state index contributed by atoms with van der Waals surface area (Å²) >= 11 is 0. The molecule has 0 radical (unpaired) electrons. The third kappa shape index (κ3) is 7.53. The zero-order valence-corrected chi connectivity index (χ0v) is 15.8. The smallest absolute Gasteiger partial charge is 0.191 e. The number of rotatable bonds is 9. The van der Waals surface area contributed by atoms with Crippen molar-refractivity contribution >= 4 is 5.96 Å². The number of aliphatic imine (C=N–C) groups is 1. The fraction of sp³-hybridized carbons (Fsp3) is 0.944. The van der Waals surface area contributed by atoms with Gasteiger partial charge in [0.15, 0.2) is 5.96 Å². The maximum Gasteiger partial charge on any atom is 0.191 e. The van der Waals surface area contributed by atoms with Gasteiger partial charge in [-0.25, -0.2) is 0 Å². The normalized spacial score (nSPS) is 22.4. The Hall–Kier alpha value is -0.810. The van der Waals surface area contributed by atoms with E-state index in [2.05, 4.69) is 55.1 Å². The van der Waals surface area contributed by atoms with Gasteiger partial charge in [0.2, 0.25) is 0 Å². The molecule has 1 aliphatic carbocycles. The van der Waals surface area contributed by atoms with Crippen molar-refractivity contribution in [2.24, 2.45) is 10.9 Å². The third-order valence-electron chi connectivity index (χ3n) is 4.66. The van der Waals surface area contributed by atoms with Crippen LogP contribution >= 0.6 is 0 Å². The Balaban J connectivity index is 2.34. The summed E-state index contributed by atoms with van der Waals surface area (Å²) in [6.45, 7) is 14.7. The maximum atomic E-state index is 9.90. The molecule has 0 amide bonds. The van der Waals surface area contributed by atoms with Crippen molar-refractivity contribution in [1.82, 2.24) is 15.5 Å². The van der Waals surface area contributed by atoms with Crippen LogP contribution in [0.25, 0.3) is 0 Å². The Morgan fingerprint density at radius 2 is 1.87 bits per heavy atom. The van der Waals surface area contributed by atoms with E-state index in [1.54, 1.807) is 0 Å². The van der Waals surface area contributed by atoms with Gasteiger partial charge in [0.1, 0.15) is 0 Å². The molecule has 5 heteroatoms. The molecule has 0 aromatic rings. The number of hydrogen-bond acceptors (Lipinski definition) is 3. The van der Waals surface area contributed by atoms with E-state index in [0.29, 0.717) is 18.0 Å². The number of aliphatic hydroxyl groups is 1. The van der Waals surface area contributed by atoms with Crippen molar-refractivity contribution in [3.8, 4) is 0 Å². The molecule has 0 bridgehead atoms. The van der Waals surface area contributed by atoms with Crippen molar-refractivity contribution in [2.45, 2.75) is 78.5 Å². The Labute approximate surface area is 142 Å². The van der Waals surface area contributed by atoms with Gasteiger partial charge in [-0.3, -0.25) is 9.89 Å². The summed E-state index contributed by atoms with van der Waals surface area (Å²) in [7, 11) is 0. The van der Waals surface area contributed by atoms with Gasteiger partial charge in [0.05, 0.1) is 6.10 Å². The average Bonchev–Trinajstić information content (AvgIpc) is 2.88. The Morgan fingerprint density at radius 1 is 1.17 bits per heavy atom. The molecule has 0 aromatic heterocycles. The molecular formula is C18H38N4O. The summed E-state index contributed by atoms with van der Waals surface area (Å²) in [5.41, 5.74) is 0. The van der Waals surface area contributed by atoms with Crippen LogP contribution in [0.3, 0.4) is 0 Å². The number of hydrogen-bond donors (Lipinski definition) is 3. The van der Waals surface area contributed by atoms with Crippen LogP contribution in [0, 0.1) is 5.92 Å². The highest BCUT2D eigenvalue weighted by molar-refractivity contribution is 5.79. The summed E-state index contributed by atoms with van der Waals surface area (Å²) in [5, 5.41) is 16.6. The zero-order valence-electron chi connectivity index (χ0n) is 15.8. The fourth-order valence-corrected chi connectivity index (χ4v) is 3.36. The minimum atomic E-state index is -0.160. The first-order valence-electron chi connectivity index (χ1n) is 9.41. The maximum absolute atomic E-state index is 9.90. The van der Waals surface area contributed by atoms with Crippen molar-refractivity contribution in [1.29, 1.82) is 0 Å². The molecule has 5 nitrogen and oxygen atoms in total. The summed E-state index contributed by atoms with van der Waals surface area (Å²) in [6.07, 6.45) is 4.11. The molecule has 0 aromatic carbocycles. The molecule has 2 atom stereocenters. The summed E-state index contributed by atoms with van der Waals surface area (Å²) in [5.74, 6) is 1.22. The van der Waals surface area contributed by atoms with Gasteiger partial charge in [-0.05, 0) is 53.9 Å². The minimum Gasteiger partial charge on any atom is -0.393 e. The predicted molar refractivity (Wildman–Crippen MR) is 98.9 cm³/mol. The molecule has 1 aliphatic rings. The molecule has 3 N–H and O–H groups in total. The lowest BCUT2D eigenvalue weighted by Crippen LogP contribution is -2.41. The van der Waals surface area contributed by atoms with Gasteiger partial charge in [-0.1, -0.05) is 6.42 Å². The van der Waals surface area contributed by atoms with E-state index in [4.69, 9.17) is 0 Å². The highest BCUT2D eigenvalue weighted by atomic mass is 16.3. The van der Waals surface area contributed by atoms with Gasteiger partial charge < -0.3 is 15.7 Å². The van der Waals surface area contributed by atoms with Crippen LogP contribution in [0.5, 0.6) is 0 Å². The van der Waals surface area contributed by atoms with E-state index in [9.17, 15) is 5.11 Å². The molecule has 136 valence electrons. The fourth-order valence-electron chi connectivity index (χ4n) is 3.36. The molecule has 0 aliphatic heterocycles. The van der Waals surface area contributed by atoms with Crippen LogP contribution in [0.15, 0.2) is 4.99 Å². The molecule has 0 saturated heterocycles. The second-order valence-corrected chi connectivity index (χ2v) is 7.18. The number of nitrogens with one attached hydrogen (secondary N) is 2. The molecule has 0 heterocycles. The standard InChI is InChI=1S/C18H38N4O/c1-6-19-18(21-13-16-9-7-10-17(16)23)20-11-8-12-22(14(2)3)15(4)5/h14-17,23H,6-13H2,1-5H3,(H2,19,20,21). The van der Waals surface area contributed by atoms with Gasteiger partial charge in [0.25, 0.3) is 0 Å². The highest BCUT2D eigenvalue weighted by Crippen LogP contribution is 2.25. The molecular weight excluding hydrogens is 288 g/mol. The third-order valence-corrected chi connectivity index (χ3v) is 4.66. The zero-order chi connectivity index (χ0) is 17.2. The second kappa shape index (κ2) is 10.9. The van der Waals surface area contributed by atoms with Crippen LogP contribution in [-0.2, 0) is 0 Å². The van der Waals surface area contributed by atoms with Crippen molar-refractivity contribution in [2.75, 3.05) is 26.2 Å². The Bertz CT molecular complexity index is 336. The van der Waals surface area contributed by atoms with Crippen molar-refractivity contribution in [3.63, 3.8) is 0 Å². The van der Waals surface area contributed by atoms with E-state index >= 15 is 0 Å². The van der Waals surface area contributed by atoms with Crippen LogP contribution in [-0.4, -0.2) is 60.3 Å². The first-order valence-corrected chi connectivity index (χ1v) is 9.41. The molecule has 1 saturated carbocycles. The lowest BCUT2D eigenvalue weighted by molar-refractivity contribution is 0.136. The van der Waals surface area contributed by atoms with Crippen molar-refractivity contribution in [3.05, 3.63) is 0 Å². The monoisotopic (exact) mass is 326 g/mol. The Kier molecular flexibility index (Phi) is 9.56. The average molecular weight is 327 g/mol. The van der Waals surface area contributed by atoms with Crippen molar-refractivity contribution < 1.29 is 5.11 Å². The highest BCUT2D eigenvalue weighted by Gasteiger charge is 2.24. The summed E-state index contributed by atoms with van der Waals surface area (Å²) in [4.78, 5) is 7.17. The van der Waals surface area contributed by atoms with Crippen LogP contribution in [0.1, 0.15) is 60.3 Å². The largest absolute Gasteiger partial charge is 0.393 e. The second-order valence-electron chi connectivity index (χ2n) is 7.18. The van der Waals surface area contributed by atoms with Crippen LogP contribution in [0.4, 0.5) is 0 Å². The topological polar surface area (TPSA) is 59.9 Å². The molecule has 23 heavy (non-hydrogen) atoms. The van der Waals surface area contributed by atoms with E-state index in [-0.39, 0.29) is 6.10 Å². The van der Waals surface area contributed by atoms with E-state index < -0.39 is 0 Å². The Morgan fingerprint density at radius 3 is 2.39 bits per heavy atom. The lowest BCUT2D eigenvalue weighted by Gasteiger charge is -2.30. The van der Waals surface area contributed by atoms with E-state index in [0.717, 1.165) is 57.8 Å². The first-order chi connectivity index (χ1) is 11.0. The molecule has 0 spiro atoms. The van der Waals surface area contributed by atoms with Crippen LogP contribution < -0.4 is 10.6 Å². The van der Waals surface area contributed by atoms with Crippen LogP contribution in [0.2, 0.25) is 0 Å². The SMILES string of the molecule is CCNC(=NCC1CCCC1O)NCCCN(C(C)C)C(C)C. The van der Waals surface area contributed by atoms with E-state index in [1.165, 1.54) is 0 Å². The molecule has 2 unspecified atom stereocenters. The quantitative estimate of drug-likeness (QED) is 0.345. The predicted octanol–water partition coefficient (Wildman–Crippen LogP) is 2.21. The first kappa shape index (κ1) is 20.2. The number of aliphatic hydroxyl groups excluding tert-OH is 1. The van der Waals surface area contributed by atoms with E-state index in [1.807, 2.05) is 0 Å². The van der Waals surface area contributed by atoms with Gasteiger partial charge in [-0.2, -0.15) is 0 Å². The lowest BCUT2D eigenvalue weighted by atomic mass is 10.1. The minimum absolute atomic E-state index is 0.160. The van der Waals surface area contributed by atoms with Gasteiger partial charge in [0, 0.05) is 44.2 Å². The number of guanidine groups is 1. The summed E-state index contributed by atoms with van der Waals surface area (Å²) in [6, 6.07) is 1.17. The molecule has 1 fully saturated rings. The van der Waals surface area contributed by atoms with Gasteiger partial charge >= 0.3 is 0 Å². The van der Waals surface area contributed by atoms with Gasteiger partial charge in [-0.15, -0.1) is 0 Å². The number of nitrogens with zero attached hydrogens (tertiary/aromatic N) is 2. The molecule has 1 rings (SSSR count).